The van der Waals surface area contributed by atoms with E-state index in [1.54, 1.807) is 50.7 Å². The highest BCUT2D eigenvalue weighted by atomic mass is 35.5. The summed E-state index contributed by atoms with van der Waals surface area (Å²) >= 11 is 5.96. The van der Waals surface area contributed by atoms with Crippen molar-refractivity contribution in [2.75, 3.05) is 30.2 Å². The van der Waals surface area contributed by atoms with E-state index >= 15 is 4.39 Å². The molecule has 46 heavy (non-hydrogen) atoms. The molecular weight excluding hydrogens is 614 g/mol. The Balaban J connectivity index is 1.33. The van der Waals surface area contributed by atoms with Crippen LogP contribution in [-0.2, 0) is 6.54 Å². The van der Waals surface area contributed by atoms with Crippen molar-refractivity contribution in [3.8, 4) is 11.5 Å². The Morgan fingerprint density at radius 3 is 2.57 bits per heavy atom. The molecule has 0 radical (unpaired) electrons. The molecule has 4 aromatic carbocycles. The largest absolute Gasteiger partial charge is 0.497 e. The monoisotopic (exact) mass is 640 g/mol. The summed E-state index contributed by atoms with van der Waals surface area (Å²) in [5, 5.41) is 10.5. The van der Waals surface area contributed by atoms with Crippen LogP contribution >= 0.6 is 11.6 Å². The number of hydrogen-bond acceptors (Lipinski definition) is 8. The van der Waals surface area contributed by atoms with E-state index in [1.165, 1.54) is 24.5 Å². The minimum Gasteiger partial charge on any atom is -0.497 e. The average Bonchev–Trinajstić information content (AvgIpc) is 3.07. The van der Waals surface area contributed by atoms with E-state index in [2.05, 4.69) is 30.9 Å². The Bertz CT molecular complexity index is 2130. The molecule has 0 aliphatic heterocycles. The van der Waals surface area contributed by atoms with Crippen LogP contribution in [0.15, 0.2) is 79.3 Å². The van der Waals surface area contributed by atoms with Gasteiger partial charge in [0.05, 0.1) is 47.1 Å². The number of anilines is 4. The molecule has 0 saturated carbocycles. The predicted octanol–water partition coefficient (Wildman–Crippen LogP) is 8.04. The highest BCUT2D eigenvalue weighted by Crippen LogP contribution is 2.35. The maximum atomic E-state index is 15.3. The van der Waals surface area contributed by atoms with Gasteiger partial charge in [-0.1, -0.05) is 29.8 Å². The first kappa shape index (κ1) is 30.5. The van der Waals surface area contributed by atoms with Crippen molar-refractivity contribution in [1.82, 2.24) is 15.0 Å². The van der Waals surface area contributed by atoms with Crippen LogP contribution in [0.3, 0.4) is 0 Å². The van der Waals surface area contributed by atoms with Crippen molar-refractivity contribution in [3.05, 3.63) is 113 Å². The number of aryl methyl sites for hydroxylation is 1. The van der Waals surface area contributed by atoms with Gasteiger partial charge in [-0.25, -0.2) is 23.7 Å². The molecule has 6 aromatic rings. The third kappa shape index (κ3) is 5.80. The second kappa shape index (κ2) is 12.8. The van der Waals surface area contributed by atoms with Crippen LogP contribution in [0.1, 0.15) is 21.5 Å². The number of rotatable bonds is 9. The molecule has 6 rings (SSSR count). The van der Waals surface area contributed by atoms with Crippen LogP contribution in [0.5, 0.6) is 11.5 Å². The zero-order valence-corrected chi connectivity index (χ0v) is 25.7. The van der Waals surface area contributed by atoms with Crippen LogP contribution in [0.4, 0.5) is 31.8 Å². The van der Waals surface area contributed by atoms with Crippen LogP contribution in [0, 0.1) is 18.6 Å². The van der Waals surface area contributed by atoms with E-state index in [9.17, 15) is 9.18 Å². The van der Waals surface area contributed by atoms with Crippen LogP contribution in [-0.4, -0.2) is 35.1 Å². The maximum absolute atomic E-state index is 15.3. The normalized spacial score (nSPS) is 11.0. The number of nitrogens with zero attached hydrogens (tertiary/aromatic N) is 3. The van der Waals surface area contributed by atoms with E-state index in [0.717, 1.165) is 11.1 Å². The molecule has 0 unspecified atom stereocenters. The standard InChI is InChI=1S/C34H27ClF2N6O3/c1-18-7-10-22-21(13-14-38-32(22)42-26-6-4-5-24(35)29(26)37)30(18)43-34(44)23-11-12-25(36)28-31(23)40-17-41-33(28)39-16-19-8-9-20(45-2)15-27(19)46-3/h4-15,17H,16H2,1-3H3,(H,38,42)(H,43,44)(H,39,40,41). The van der Waals surface area contributed by atoms with Gasteiger partial charge in [-0.3, -0.25) is 4.79 Å². The third-order valence-corrected chi connectivity index (χ3v) is 7.81. The van der Waals surface area contributed by atoms with Gasteiger partial charge in [0.2, 0.25) is 0 Å². The summed E-state index contributed by atoms with van der Waals surface area (Å²) in [4.78, 5) is 26.7. The number of fused-ring (bicyclic) bond motifs is 2. The first-order valence-corrected chi connectivity index (χ1v) is 14.5. The molecule has 9 nitrogen and oxygen atoms in total. The van der Waals surface area contributed by atoms with E-state index < -0.39 is 17.5 Å². The van der Waals surface area contributed by atoms with E-state index in [-0.39, 0.29) is 39.5 Å². The Morgan fingerprint density at radius 2 is 1.76 bits per heavy atom. The average molecular weight is 641 g/mol. The minimum atomic E-state index is -0.606. The van der Waals surface area contributed by atoms with Crippen molar-refractivity contribution < 1.29 is 23.0 Å². The lowest BCUT2D eigenvalue weighted by Crippen LogP contribution is -2.15. The van der Waals surface area contributed by atoms with Gasteiger partial charge < -0.3 is 25.4 Å². The summed E-state index contributed by atoms with van der Waals surface area (Å²) in [6.45, 7) is 2.10. The van der Waals surface area contributed by atoms with Crippen molar-refractivity contribution in [3.63, 3.8) is 0 Å². The zero-order valence-electron chi connectivity index (χ0n) is 24.9. The molecular formula is C34H27ClF2N6O3. The van der Waals surface area contributed by atoms with Gasteiger partial charge in [-0.15, -0.1) is 0 Å². The highest BCUT2D eigenvalue weighted by Gasteiger charge is 2.20. The Morgan fingerprint density at radius 1 is 0.913 bits per heavy atom. The number of halogens is 3. The molecule has 0 aliphatic rings. The van der Waals surface area contributed by atoms with Gasteiger partial charge in [0, 0.05) is 35.1 Å². The molecule has 0 saturated heterocycles. The summed E-state index contributed by atoms with van der Waals surface area (Å²) in [5.41, 5.74) is 2.51. The number of aromatic nitrogens is 3. The smallest absolute Gasteiger partial charge is 0.257 e. The first-order chi connectivity index (χ1) is 22.3. The van der Waals surface area contributed by atoms with Crippen LogP contribution in [0.25, 0.3) is 21.7 Å². The molecule has 12 heteroatoms. The fourth-order valence-electron chi connectivity index (χ4n) is 5.17. The number of carbonyl (C=O) groups excluding carboxylic acids is 1. The molecule has 0 spiro atoms. The number of pyridine rings is 1. The van der Waals surface area contributed by atoms with Crippen molar-refractivity contribution >= 4 is 62.2 Å². The van der Waals surface area contributed by atoms with Gasteiger partial charge in [0.1, 0.15) is 35.3 Å². The second-order valence-electron chi connectivity index (χ2n) is 10.3. The van der Waals surface area contributed by atoms with Gasteiger partial charge in [-0.05, 0) is 55.0 Å². The number of carbonyl (C=O) groups is 1. The Kier molecular flexibility index (Phi) is 8.49. The maximum Gasteiger partial charge on any atom is 0.257 e. The topological polar surface area (TPSA) is 110 Å². The van der Waals surface area contributed by atoms with E-state index in [4.69, 9.17) is 21.1 Å². The summed E-state index contributed by atoms with van der Waals surface area (Å²) < 4.78 is 40.7. The summed E-state index contributed by atoms with van der Waals surface area (Å²) in [6.07, 6.45) is 2.83. The number of methoxy groups -OCH3 is 2. The number of amides is 1. The van der Waals surface area contributed by atoms with Crippen LogP contribution in [0.2, 0.25) is 5.02 Å². The molecule has 0 fully saturated rings. The van der Waals surface area contributed by atoms with Gasteiger partial charge >= 0.3 is 0 Å². The summed E-state index contributed by atoms with van der Waals surface area (Å²) in [5.74, 6) is 0.106. The quantitative estimate of drug-likeness (QED) is 0.146. The lowest BCUT2D eigenvalue weighted by Gasteiger charge is -2.16. The van der Waals surface area contributed by atoms with Gasteiger partial charge in [0.25, 0.3) is 5.91 Å². The van der Waals surface area contributed by atoms with Gasteiger partial charge in [0.15, 0.2) is 5.82 Å². The fourth-order valence-corrected chi connectivity index (χ4v) is 5.34. The van der Waals surface area contributed by atoms with Crippen molar-refractivity contribution in [1.29, 1.82) is 0 Å². The Labute approximate surface area is 267 Å². The van der Waals surface area contributed by atoms with E-state index in [0.29, 0.717) is 33.8 Å². The summed E-state index contributed by atoms with van der Waals surface area (Å²) in [7, 11) is 3.11. The predicted molar refractivity (Wildman–Crippen MR) is 175 cm³/mol. The molecule has 232 valence electrons. The first-order valence-electron chi connectivity index (χ1n) is 14.1. The molecule has 2 aromatic heterocycles. The van der Waals surface area contributed by atoms with Crippen molar-refractivity contribution in [2.24, 2.45) is 0 Å². The van der Waals surface area contributed by atoms with E-state index in [1.807, 2.05) is 25.1 Å². The highest BCUT2D eigenvalue weighted by molar-refractivity contribution is 6.31. The molecule has 2 heterocycles. The molecule has 0 bridgehead atoms. The van der Waals surface area contributed by atoms with Gasteiger partial charge in [-0.2, -0.15) is 0 Å². The fraction of sp³-hybridized carbons (Fsp3) is 0.118. The van der Waals surface area contributed by atoms with Crippen LogP contribution < -0.4 is 25.4 Å². The minimum absolute atomic E-state index is 0.0248. The number of nitrogens with one attached hydrogen (secondary N) is 3. The lowest BCUT2D eigenvalue weighted by atomic mass is 10.0. The van der Waals surface area contributed by atoms with Crippen molar-refractivity contribution in [2.45, 2.75) is 13.5 Å². The molecule has 1 amide bonds. The molecule has 0 aliphatic carbocycles. The second-order valence-corrected chi connectivity index (χ2v) is 10.7. The molecule has 3 N–H and O–H groups in total. The molecule has 0 atom stereocenters. The third-order valence-electron chi connectivity index (χ3n) is 7.52. The number of benzene rings is 4. The Hall–Kier alpha value is -5.55. The lowest BCUT2D eigenvalue weighted by molar-refractivity contribution is 0.102. The zero-order chi connectivity index (χ0) is 32.4. The number of ether oxygens (including phenoxy) is 2. The summed E-state index contributed by atoms with van der Waals surface area (Å²) in [6, 6.07) is 18.0. The SMILES string of the molecule is COc1ccc(CNc2ncnc3c(C(=O)Nc4c(C)ccc5c(Nc6cccc(Cl)c6F)nccc45)ccc(F)c23)c(OC)c1. The number of hydrogen-bond donors (Lipinski definition) is 3.